The normalized spacial score (nSPS) is 15.6. The third kappa shape index (κ3) is 9.30. The van der Waals surface area contributed by atoms with Crippen LogP contribution < -0.4 is 16.4 Å². The highest BCUT2D eigenvalue weighted by Crippen LogP contribution is 2.28. The van der Waals surface area contributed by atoms with Crippen LogP contribution in [0, 0.1) is 5.92 Å². The predicted octanol–water partition coefficient (Wildman–Crippen LogP) is 2.84. The van der Waals surface area contributed by atoms with Crippen molar-refractivity contribution >= 4 is 17.8 Å². The summed E-state index contributed by atoms with van der Waals surface area (Å²) in [6, 6.07) is 15.9. The summed E-state index contributed by atoms with van der Waals surface area (Å²) in [4.78, 5) is 39.8. The molecule has 8 nitrogen and oxygen atoms in total. The molecule has 2 atom stereocenters. The number of nitrogens with zero attached hydrogens (tertiary/aromatic N) is 1. The van der Waals surface area contributed by atoms with Gasteiger partial charge >= 0.3 is 5.97 Å². The standard InChI is InChI=1S/C29H40N4O4/c1-33(20-27(34)35)26(17-22-10-6-3-7-11-22)29(37)32-25(16-21-8-4-2-5-9-21)28(36)31-19-24-14-12-23(18-30)13-15-24/h2,4-5,8-9,12-15,22,25-26H,3,6-7,10-11,16-20,30H2,1H3,(H,31,36)(H,32,37)(H,34,35)/t25-,26+/m0/s1. The zero-order valence-corrected chi connectivity index (χ0v) is 21.7. The number of nitrogens with one attached hydrogen (secondary N) is 2. The van der Waals surface area contributed by atoms with E-state index in [4.69, 9.17) is 5.73 Å². The van der Waals surface area contributed by atoms with E-state index in [9.17, 15) is 19.5 Å². The lowest BCUT2D eigenvalue weighted by Crippen LogP contribution is -2.54. The molecule has 5 N–H and O–H groups in total. The van der Waals surface area contributed by atoms with Gasteiger partial charge in [0, 0.05) is 19.5 Å². The number of carbonyl (C=O) groups is 3. The van der Waals surface area contributed by atoms with Crippen molar-refractivity contribution < 1.29 is 19.5 Å². The van der Waals surface area contributed by atoms with E-state index < -0.39 is 18.1 Å². The molecule has 0 spiro atoms. The maximum Gasteiger partial charge on any atom is 0.317 e. The highest BCUT2D eigenvalue weighted by molar-refractivity contribution is 5.90. The Labute approximate surface area is 219 Å². The van der Waals surface area contributed by atoms with Gasteiger partial charge in [0.25, 0.3) is 0 Å². The second-order valence-electron chi connectivity index (χ2n) is 10.1. The second kappa shape index (κ2) is 14.5. The van der Waals surface area contributed by atoms with Crippen LogP contribution in [0.5, 0.6) is 0 Å². The molecule has 2 aromatic carbocycles. The molecule has 0 aromatic heterocycles. The summed E-state index contributed by atoms with van der Waals surface area (Å²) in [5.74, 6) is -1.20. The monoisotopic (exact) mass is 508 g/mol. The SMILES string of the molecule is CN(CC(=O)O)[C@H](CC1CCCCC1)C(=O)N[C@@H](Cc1ccccc1)C(=O)NCc1ccc(CN)cc1. The van der Waals surface area contributed by atoms with Gasteiger partial charge in [0.2, 0.25) is 11.8 Å². The van der Waals surface area contributed by atoms with Crippen LogP contribution in [-0.4, -0.2) is 53.5 Å². The molecule has 1 aliphatic carbocycles. The van der Waals surface area contributed by atoms with E-state index in [0.29, 0.717) is 31.8 Å². The summed E-state index contributed by atoms with van der Waals surface area (Å²) in [7, 11) is 1.67. The second-order valence-corrected chi connectivity index (χ2v) is 10.1. The Hall–Kier alpha value is -3.23. The zero-order chi connectivity index (χ0) is 26.6. The first kappa shape index (κ1) is 28.3. The third-order valence-electron chi connectivity index (χ3n) is 7.14. The van der Waals surface area contributed by atoms with Crippen LogP contribution in [0.15, 0.2) is 54.6 Å². The summed E-state index contributed by atoms with van der Waals surface area (Å²) < 4.78 is 0. The molecule has 200 valence electrons. The van der Waals surface area contributed by atoms with Gasteiger partial charge in [-0.1, -0.05) is 86.7 Å². The molecule has 2 amide bonds. The average Bonchev–Trinajstić information content (AvgIpc) is 2.91. The average molecular weight is 509 g/mol. The maximum atomic E-state index is 13.6. The topological polar surface area (TPSA) is 125 Å². The van der Waals surface area contributed by atoms with Gasteiger partial charge in [-0.05, 0) is 36.1 Å². The molecule has 8 heteroatoms. The first-order chi connectivity index (χ1) is 17.9. The number of likely N-dealkylation sites (N-methyl/N-ethyl adjacent to an activating group) is 1. The molecule has 0 heterocycles. The first-order valence-corrected chi connectivity index (χ1v) is 13.2. The van der Waals surface area contributed by atoms with Crippen molar-refractivity contribution in [2.45, 2.75) is 70.1 Å². The van der Waals surface area contributed by atoms with E-state index in [1.807, 2.05) is 54.6 Å². The molecule has 0 saturated heterocycles. The Bertz CT molecular complexity index is 1010. The number of benzene rings is 2. The van der Waals surface area contributed by atoms with Gasteiger partial charge in [-0.2, -0.15) is 0 Å². The lowest BCUT2D eigenvalue weighted by atomic mass is 9.84. The van der Waals surface area contributed by atoms with Crippen LogP contribution in [-0.2, 0) is 33.9 Å². The van der Waals surface area contributed by atoms with E-state index >= 15 is 0 Å². The fraction of sp³-hybridized carbons (Fsp3) is 0.483. The Balaban J connectivity index is 1.73. The highest BCUT2D eigenvalue weighted by Gasteiger charge is 2.31. The lowest BCUT2D eigenvalue weighted by molar-refractivity contribution is -0.140. The van der Waals surface area contributed by atoms with Crippen molar-refractivity contribution in [3.05, 3.63) is 71.3 Å². The van der Waals surface area contributed by atoms with Gasteiger partial charge in [0.05, 0.1) is 12.6 Å². The number of aliphatic carboxylic acids is 1. The number of hydrogen-bond acceptors (Lipinski definition) is 5. The van der Waals surface area contributed by atoms with E-state index in [2.05, 4.69) is 10.6 Å². The van der Waals surface area contributed by atoms with E-state index in [1.165, 1.54) is 6.42 Å². The van der Waals surface area contributed by atoms with Gasteiger partial charge in [0.1, 0.15) is 6.04 Å². The summed E-state index contributed by atoms with van der Waals surface area (Å²) >= 11 is 0. The molecule has 1 saturated carbocycles. The highest BCUT2D eigenvalue weighted by atomic mass is 16.4. The van der Waals surface area contributed by atoms with Crippen molar-refractivity contribution in [1.29, 1.82) is 0 Å². The first-order valence-electron chi connectivity index (χ1n) is 13.2. The van der Waals surface area contributed by atoms with Crippen molar-refractivity contribution in [2.24, 2.45) is 11.7 Å². The molecule has 37 heavy (non-hydrogen) atoms. The number of nitrogens with two attached hydrogens (primary N) is 1. The molecule has 1 fully saturated rings. The maximum absolute atomic E-state index is 13.6. The largest absolute Gasteiger partial charge is 0.480 e. The van der Waals surface area contributed by atoms with E-state index in [1.54, 1.807) is 11.9 Å². The third-order valence-corrected chi connectivity index (χ3v) is 7.14. The fourth-order valence-electron chi connectivity index (χ4n) is 4.98. The van der Waals surface area contributed by atoms with Crippen LogP contribution in [0.3, 0.4) is 0 Å². The summed E-state index contributed by atoms with van der Waals surface area (Å²) in [6.45, 7) is 0.546. The van der Waals surface area contributed by atoms with Gasteiger partial charge in [-0.3, -0.25) is 19.3 Å². The van der Waals surface area contributed by atoms with Crippen molar-refractivity contribution in [3.63, 3.8) is 0 Å². The molecule has 0 radical (unpaired) electrons. The van der Waals surface area contributed by atoms with Crippen LogP contribution in [0.2, 0.25) is 0 Å². The van der Waals surface area contributed by atoms with Crippen molar-refractivity contribution in [2.75, 3.05) is 13.6 Å². The number of carboxylic acids is 1. The number of rotatable bonds is 13. The number of carboxylic acid groups (broad SMARTS) is 1. The summed E-state index contributed by atoms with van der Waals surface area (Å²) in [5, 5.41) is 15.3. The minimum Gasteiger partial charge on any atom is -0.480 e. The van der Waals surface area contributed by atoms with Crippen LogP contribution in [0.25, 0.3) is 0 Å². The molecule has 0 bridgehead atoms. The van der Waals surface area contributed by atoms with Crippen LogP contribution >= 0.6 is 0 Å². The molecule has 2 aromatic rings. The number of amides is 2. The van der Waals surface area contributed by atoms with Crippen LogP contribution in [0.1, 0.15) is 55.2 Å². The van der Waals surface area contributed by atoms with Gasteiger partial charge in [-0.15, -0.1) is 0 Å². The van der Waals surface area contributed by atoms with Gasteiger partial charge in [-0.25, -0.2) is 0 Å². The predicted molar refractivity (Wildman–Crippen MR) is 144 cm³/mol. The van der Waals surface area contributed by atoms with Crippen molar-refractivity contribution in [1.82, 2.24) is 15.5 Å². The Morgan fingerprint density at radius 2 is 1.59 bits per heavy atom. The van der Waals surface area contributed by atoms with E-state index in [-0.39, 0.29) is 18.4 Å². The van der Waals surface area contributed by atoms with Crippen molar-refractivity contribution in [3.8, 4) is 0 Å². The summed E-state index contributed by atoms with van der Waals surface area (Å²) in [5.41, 5.74) is 8.54. The molecule has 0 aliphatic heterocycles. The molecular weight excluding hydrogens is 468 g/mol. The van der Waals surface area contributed by atoms with Gasteiger partial charge < -0.3 is 21.5 Å². The quantitative estimate of drug-likeness (QED) is 0.330. The summed E-state index contributed by atoms with van der Waals surface area (Å²) in [6.07, 6.45) is 6.47. The Morgan fingerprint density at radius 3 is 2.22 bits per heavy atom. The molecular formula is C29H40N4O4. The molecule has 3 rings (SSSR count). The number of hydrogen-bond donors (Lipinski definition) is 4. The van der Waals surface area contributed by atoms with Gasteiger partial charge in [0.15, 0.2) is 0 Å². The lowest BCUT2D eigenvalue weighted by Gasteiger charge is -2.32. The fourth-order valence-corrected chi connectivity index (χ4v) is 4.98. The Morgan fingerprint density at radius 1 is 0.946 bits per heavy atom. The van der Waals surface area contributed by atoms with Crippen LogP contribution in [0.4, 0.5) is 0 Å². The minimum absolute atomic E-state index is 0.237. The minimum atomic E-state index is -0.983. The van der Waals surface area contributed by atoms with E-state index in [0.717, 1.165) is 42.4 Å². The number of carbonyl (C=O) groups excluding carboxylic acids is 2. The smallest absolute Gasteiger partial charge is 0.317 e. The molecule has 0 unspecified atom stereocenters. The molecule has 1 aliphatic rings. The zero-order valence-electron chi connectivity index (χ0n) is 21.7. The Kier molecular flexibility index (Phi) is 11.1.